The lowest BCUT2D eigenvalue weighted by Gasteiger charge is -2.26. The van der Waals surface area contributed by atoms with Crippen molar-refractivity contribution in [1.82, 2.24) is 0 Å². The van der Waals surface area contributed by atoms with Crippen LogP contribution in [0.25, 0.3) is 74.8 Å². The summed E-state index contributed by atoms with van der Waals surface area (Å²) in [6.07, 6.45) is 0. The molecule has 0 atom stereocenters. The molecule has 0 saturated heterocycles. The third-order valence-electron chi connectivity index (χ3n) is 9.41. The lowest BCUT2D eigenvalue weighted by atomic mass is 10.0. The lowest BCUT2D eigenvalue weighted by molar-refractivity contribution is 0.669. The number of furan rings is 1. The monoisotopic (exact) mass is 617 g/mol. The average molecular weight is 618 g/mol. The fraction of sp³-hybridized carbons (Fsp3) is 0. The molecule has 0 amide bonds. The van der Waals surface area contributed by atoms with E-state index in [2.05, 4.69) is 169 Å². The average Bonchev–Trinajstić information content (AvgIpc) is 3.71. The van der Waals surface area contributed by atoms with E-state index in [1.165, 1.54) is 58.2 Å². The number of hydrogen-bond donors (Lipinski definition) is 0. The highest BCUT2D eigenvalue weighted by atomic mass is 32.1. The van der Waals surface area contributed by atoms with E-state index in [0.29, 0.717) is 0 Å². The molecule has 0 aliphatic rings. The van der Waals surface area contributed by atoms with E-state index in [9.17, 15) is 0 Å². The van der Waals surface area contributed by atoms with E-state index in [0.717, 1.165) is 33.6 Å². The maximum Gasteiger partial charge on any atom is 0.160 e. The fourth-order valence-electron chi connectivity index (χ4n) is 7.13. The van der Waals surface area contributed by atoms with Crippen LogP contribution in [0, 0.1) is 0 Å². The number of para-hydroxylation sites is 1. The van der Waals surface area contributed by atoms with Crippen molar-refractivity contribution in [3.8, 4) is 11.1 Å². The first-order valence-electron chi connectivity index (χ1n) is 15.9. The quantitative estimate of drug-likeness (QED) is 0.195. The molecule has 2 nitrogen and oxygen atoms in total. The smallest absolute Gasteiger partial charge is 0.160 e. The third-order valence-corrected chi connectivity index (χ3v) is 10.6. The van der Waals surface area contributed by atoms with Gasteiger partial charge in [0.2, 0.25) is 0 Å². The first-order valence-corrected chi connectivity index (χ1v) is 16.7. The molecule has 2 heterocycles. The molecule has 10 rings (SSSR count). The Morgan fingerprint density at radius 3 is 1.87 bits per heavy atom. The molecular formula is C44H27NOS. The summed E-state index contributed by atoms with van der Waals surface area (Å²) < 4.78 is 9.34. The zero-order chi connectivity index (χ0) is 30.9. The van der Waals surface area contributed by atoms with Gasteiger partial charge in [-0.25, -0.2) is 0 Å². The molecule has 3 heteroatoms. The first kappa shape index (κ1) is 26.3. The zero-order valence-corrected chi connectivity index (χ0v) is 26.2. The number of benzene rings is 8. The van der Waals surface area contributed by atoms with Gasteiger partial charge in [0.1, 0.15) is 5.58 Å². The second-order valence-electron chi connectivity index (χ2n) is 12.1. The van der Waals surface area contributed by atoms with Crippen molar-refractivity contribution in [2.24, 2.45) is 0 Å². The first-order chi connectivity index (χ1) is 23.3. The van der Waals surface area contributed by atoms with Gasteiger partial charge >= 0.3 is 0 Å². The summed E-state index contributed by atoms with van der Waals surface area (Å²) in [4.78, 5) is 2.37. The van der Waals surface area contributed by atoms with Crippen LogP contribution in [0.15, 0.2) is 168 Å². The van der Waals surface area contributed by atoms with Crippen LogP contribution in [-0.4, -0.2) is 0 Å². The van der Waals surface area contributed by atoms with Gasteiger partial charge in [0, 0.05) is 42.3 Å². The summed E-state index contributed by atoms with van der Waals surface area (Å²) in [6, 6.07) is 59.0. The molecular weight excluding hydrogens is 591 g/mol. The molecule has 0 unspecified atom stereocenters. The SMILES string of the molecule is c1ccc2cc(-c3ccc(N(c4ccc5ccccc5c4)c4cc5c6ccccc6sc5c5c4oc4ccccc45)cc3)ccc2c1. The number of rotatable bonds is 4. The Hall–Kier alpha value is -5.90. The maximum atomic E-state index is 6.80. The van der Waals surface area contributed by atoms with Crippen LogP contribution in [0.4, 0.5) is 17.1 Å². The van der Waals surface area contributed by atoms with Gasteiger partial charge in [-0.1, -0.05) is 115 Å². The molecule has 10 aromatic rings. The predicted octanol–water partition coefficient (Wildman–Crippen LogP) is 13.4. The van der Waals surface area contributed by atoms with Gasteiger partial charge in [-0.3, -0.25) is 0 Å². The number of thiophene rings is 1. The van der Waals surface area contributed by atoms with Gasteiger partial charge in [0.15, 0.2) is 5.58 Å². The summed E-state index contributed by atoms with van der Waals surface area (Å²) in [5.74, 6) is 0. The molecule has 0 spiro atoms. The van der Waals surface area contributed by atoms with E-state index in [1.54, 1.807) is 0 Å². The van der Waals surface area contributed by atoms with E-state index >= 15 is 0 Å². The summed E-state index contributed by atoms with van der Waals surface area (Å²) >= 11 is 1.85. The maximum absolute atomic E-state index is 6.80. The molecule has 47 heavy (non-hydrogen) atoms. The Balaban J connectivity index is 1.24. The van der Waals surface area contributed by atoms with Crippen LogP contribution in [0.3, 0.4) is 0 Å². The predicted molar refractivity (Wildman–Crippen MR) is 202 cm³/mol. The second kappa shape index (κ2) is 10.3. The van der Waals surface area contributed by atoms with Crippen molar-refractivity contribution >= 4 is 92.1 Å². The molecule has 220 valence electrons. The van der Waals surface area contributed by atoms with E-state index in [1.807, 2.05) is 11.3 Å². The van der Waals surface area contributed by atoms with Crippen molar-refractivity contribution in [1.29, 1.82) is 0 Å². The highest BCUT2D eigenvalue weighted by Gasteiger charge is 2.24. The largest absolute Gasteiger partial charge is 0.454 e. The Morgan fingerprint density at radius 2 is 1.06 bits per heavy atom. The second-order valence-corrected chi connectivity index (χ2v) is 13.2. The van der Waals surface area contributed by atoms with Crippen molar-refractivity contribution in [2.45, 2.75) is 0 Å². The number of nitrogens with zero attached hydrogens (tertiary/aromatic N) is 1. The topological polar surface area (TPSA) is 16.4 Å². The van der Waals surface area contributed by atoms with E-state index < -0.39 is 0 Å². The molecule has 2 aromatic heterocycles. The van der Waals surface area contributed by atoms with Crippen LogP contribution >= 0.6 is 11.3 Å². The van der Waals surface area contributed by atoms with E-state index in [-0.39, 0.29) is 0 Å². The Kier molecular flexibility index (Phi) is 5.78. The molecule has 0 saturated carbocycles. The molecule has 0 N–H and O–H groups in total. The highest BCUT2D eigenvalue weighted by molar-refractivity contribution is 7.26. The number of anilines is 3. The lowest BCUT2D eigenvalue weighted by Crippen LogP contribution is -2.10. The van der Waals surface area contributed by atoms with Crippen LogP contribution in [-0.2, 0) is 0 Å². The highest BCUT2D eigenvalue weighted by Crippen LogP contribution is 2.49. The fourth-order valence-corrected chi connectivity index (χ4v) is 8.37. The zero-order valence-electron chi connectivity index (χ0n) is 25.4. The Bertz CT molecular complexity index is 2810. The van der Waals surface area contributed by atoms with Crippen LogP contribution in [0.5, 0.6) is 0 Å². The summed E-state index contributed by atoms with van der Waals surface area (Å²) in [5.41, 5.74) is 7.38. The van der Waals surface area contributed by atoms with Crippen molar-refractivity contribution in [3.63, 3.8) is 0 Å². The number of hydrogen-bond acceptors (Lipinski definition) is 3. The van der Waals surface area contributed by atoms with E-state index in [4.69, 9.17) is 4.42 Å². The molecule has 0 aliphatic carbocycles. The van der Waals surface area contributed by atoms with Crippen molar-refractivity contribution in [2.75, 3.05) is 4.90 Å². The van der Waals surface area contributed by atoms with Gasteiger partial charge in [-0.15, -0.1) is 11.3 Å². The molecule has 0 bridgehead atoms. The minimum Gasteiger partial charge on any atom is -0.454 e. The number of fused-ring (bicyclic) bond motifs is 9. The Morgan fingerprint density at radius 1 is 0.447 bits per heavy atom. The van der Waals surface area contributed by atoms with Gasteiger partial charge < -0.3 is 9.32 Å². The van der Waals surface area contributed by atoms with Gasteiger partial charge in [-0.2, -0.15) is 0 Å². The summed E-state index contributed by atoms with van der Waals surface area (Å²) in [6.45, 7) is 0. The van der Waals surface area contributed by atoms with Crippen molar-refractivity contribution in [3.05, 3.63) is 164 Å². The van der Waals surface area contributed by atoms with Crippen LogP contribution in [0.2, 0.25) is 0 Å². The van der Waals surface area contributed by atoms with Gasteiger partial charge in [-0.05, 0) is 81.2 Å². The third kappa shape index (κ3) is 4.17. The van der Waals surface area contributed by atoms with Crippen molar-refractivity contribution < 1.29 is 4.42 Å². The Labute approximate surface area is 275 Å². The molecule has 0 fully saturated rings. The normalized spacial score (nSPS) is 11.8. The van der Waals surface area contributed by atoms with Gasteiger partial charge in [0.25, 0.3) is 0 Å². The molecule has 0 aliphatic heterocycles. The summed E-state index contributed by atoms with van der Waals surface area (Å²) in [7, 11) is 0. The molecule has 0 radical (unpaired) electrons. The minimum absolute atomic E-state index is 0.900. The van der Waals surface area contributed by atoms with Gasteiger partial charge in [0.05, 0.1) is 5.69 Å². The standard InChI is InChI=1S/C44H27NOS/c1-3-11-31-25-33(18-17-28(31)9-1)30-19-22-34(23-20-30)45(35-24-21-29-10-2-4-12-32(29)26-35)39-27-38-36-13-6-8-16-41(36)47-44(38)42-37-14-5-7-15-40(37)46-43(39)42/h1-27H. The molecule has 8 aromatic carbocycles. The minimum atomic E-state index is 0.900. The van der Waals surface area contributed by atoms with Crippen LogP contribution < -0.4 is 4.90 Å². The summed E-state index contributed by atoms with van der Waals surface area (Å²) in [5, 5.41) is 9.75. The van der Waals surface area contributed by atoms with Crippen LogP contribution in [0.1, 0.15) is 0 Å².